The summed E-state index contributed by atoms with van der Waals surface area (Å²) in [7, 11) is 1.63. The summed E-state index contributed by atoms with van der Waals surface area (Å²) in [4.78, 5) is 12.2. The number of benzene rings is 1. The molecule has 6 nitrogen and oxygen atoms in total. The Morgan fingerprint density at radius 2 is 2.12 bits per heavy atom. The number of amides is 1. The lowest BCUT2D eigenvalue weighted by molar-refractivity contribution is -0.119. The summed E-state index contributed by atoms with van der Waals surface area (Å²) >= 11 is 2.85. The van der Waals surface area contributed by atoms with Gasteiger partial charge in [-0.05, 0) is 30.9 Å². The van der Waals surface area contributed by atoms with Crippen LogP contribution in [0.3, 0.4) is 0 Å². The summed E-state index contributed by atoms with van der Waals surface area (Å²) in [5, 5.41) is 15.3. The largest absolute Gasteiger partial charge is 0.495 e. The van der Waals surface area contributed by atoms with E-state index in [4.69, 9.17) is 4.74 Å². The van der Waals surface area contributed by atoms with Gasteiger partial charge in [0.25, 0.3) is 0 Å². The molecule has 0 saturated heterocycles. The van der Waals surface area contributed by atoms with Gasteiger partial charge in [-0.15, -0.1) is 10.2 Å². The first kappa shape index (κ1) is 19.0. The second-order valence-electron chi connectivity index (χ2n) is 6.42. The fraction of sp³-hybridized carbons (Fsp3) is 0.500. The minimum Gasteiger partial charge on any atom is -0.495 e. The zero-order chi connectivity index (χ0) is 18.4. The second kappa shape index (κ2) is 9.23. The molecule has 1 aromatic carbocycles. The number of aromatic nitrogens is 2. The fourth-order valence-electron chi connectivity index (χ4n) is 3.09. The second-order valence-corrected chi connectivity index (χ2v) is 8.62. The molecule has 26 heavy (non-hydrogen) atoms. The molecule has 8 heteroatoms. The molecule has 0 radical (unpaired) electrons. The average molecular weight is 393 g/mol. The van der Waals surface area contributed by atoms with Crippen LogP contribution < -0.4 is 15.4 Å². The van der Waals surface area contributed by atoms with E-state index in [0.29, 0.717) is 22.8 Å². The molecule has 1 fully saturated rings. The first-order chi connectivity index (χ1) is 12.7. The Balaban J connectivity index is 1.49. The van der Waals surface area contributed by atoms with Gasteiger partial charge in [-0.2, -0.15) is 0 Å². The van der Waals surface area contributed by atoms with Gasteiger partial charge in [0.05, 0.1) is 18.6 Å². The topological polar surface area (TPSA) is 76.1 Å². The van der Waals surface area contributed by atoms with Crippen molar-refractivity contribution in [2.45, 2.75) is 43.0 Å². The van der Waals surface area contributed by atoms with E-state index in [1.807, 2.05) is 24.3 Å². The first-order valence-electron chi connectivity index (χ1n) is 8.81. The highest BCUT2D eigenvalue weighted by Crippen LogP contribution is 2.31. The van der Waals surface area contributed by atoms with Crippen molar-refractivity contribution >= 4 is 39.8 Å². The summed E-state index contributed by atoms with van der Waals surface area (Å²) in [6, 6.07) is 7.96. The standard InChI is InChI=1S/C18H24N4O2S2/c1-12-7-3-4-8-13(12)19-16(23)11-25-18-22-21-17(26-18)20-14-9-5-6-10-15(14)24-2/h5-6,9-10,12-13H,3-4,7-8,11H2,1-2H3,(H,19,23)(H,20,21). The molecule has 2 atom stereocenters. The normalized spacial score (nSPS) is 19.8. The van der Waals surface area contributed by atoms with Crippen molar-refractivity contribution in [3.8, 4) is 5.75 Å². The van der Waals surface area contributed by atoms with Gasteiger partial charge in [-0.1, -0.05) is 55.0 Å². The molecule has 3 rings (SSSR count). The van der Waals surface area contributed by atoms with Crippen molar-refractivity contribution in [2.75, 3.05) is 18.2 Å². The van der Waals surface area contributed by atoms with E-state index in [-0.39, 0.29) is 5.91 Å². The number of rotatable bonds is 7. The smallest absolute Gasteiger partial charge is 0.230 e. The molecule has 1 aromatic heterocycles. The summed E-state index contributed by atoms with van der Waals surface area (Å²) in [5.41, 5.74) is 0.840. The molecule has 0 bridgehead atoms. The van der Waals surface area contributed by atoms with Crippen molar-refractivity contribution in [1.29, 1.82) is 0 Å². The van der Waals surface area contributed by atoms with Gasteiger partial charge in [0.1, 0.15) is 5.75 Å². The summed E-state index contributed by atoms with van der Waals surface area (Å²) in [5.74, 6) is 1.75. The summed E-state index contributed by atoms with van der Waals surface area (Å²) in [6.07, 6.45) is 4.77. The highest BCUT2D eigenvalue weighted by Gasteiger charge is 2.22. The predicted molar refractivity (Wildman–Crippen MR) is 106 cm³/mol. The number of anilines is 2. The third-order valence-electron chi connectivity index (χ3n) is 4.54. The zero-order valence-electron chi connectivity index (χ0n) is 15.0. The van der Waals surface area contributed by atoms with E-state index in [0.717, 1.165) is 22.2 Å². The van der Waals surface area contributed by atoms with Crippen molar-refractivity contribution < 1.29 is 9.53 Å². The number of nitrogens with one attached hydrogen (secondary N) is 2. The fourth-order valence-corrected chi connectivity index (χ4v) is 4.66. The average Bonchev–Trinajstić information content (AvgIpc) is 3.10. The van der Waals surface area contributed by atoms with Crippen molar-refractivity contribution in [3.63, 3.8) is 0 Å². The zero-order valence-corrected chi connectivity index (χ0v) is 16.7. The number of para-hydroxylation sites is 2. The molecule has 0 aliphatic heterocycles. The van der Waals surface area contributed by atoms with Gasteiger partial charge in [-0.25, -0.2) is 0 Å². The monoisotopic (exact) mass is 392 g/mol. The Morgan fingerprint density at radius 3 is 2.92 bits per heavy atom. The summed E-state index contributed by atoms with van der Waals surface area (Å²) in [6.45, 7) is 2.22. The number of carbonyl (C=O) groups is 1. The van der Waals surface area contributed by atoms with Crippen molar-refractivity contribution in [1.82, 2.24) is 15.5 Å². The van der Waals surface area contributed by atoms with Crippen LogP contribution in [0.4, 0.5) is 10.8 Å². The molecule has 2 unspecified atom stereocenters. The maximum atomic E-state index is 12.2. The molecule has 2 aromatic rings. The van der Waals surface area contributed by atoms with Crippen LogP contribution in [0.5, 0.6) is 5.75 Å². The van der Waals surface area contributed by atoms with Gasteiger partial charge < -0.3 is 15.4 Å². The first-order valence-corrected chi connectivity index (χ1v) is 10.6. The third kappa shape index (κ3) is 5.11. The van der Waals surface area contributed by atoms with Gasteiger partial charge >= 0.3 is 0 Å². The Kier molecular flexibility index (Phi) is 6.73. The van der Waals surface area contributed by atoms with Gasteiger partial charge in [-0.3, -0.25) is 4.79 Å². The van der Waals surface area contributed by atoms with E-state index < -0.39 is 0 Å². The van der Waals surface area contributed by atoms with E-state index in [1.54, 1.807) is 7.11 Å². The Labute approximate surface area is 162 Å². The molecular formula is C18H24N4O2S2. The Morgan fingerprint density at radius 1 is 1.31 bits per heavy atom. The molecule has 1 aliphatic rings. The number of thioether (sulfide) groups is 1. The lowest BCUT2D eigenvalue weighted by atomic mass is 9.86. The van der Waals surface area contributed by atoms with Gasteiger partial charge in [0, 0.05) is 6.04 Å². The lowest BCUT2D eigenvalue weighted by Gasteiger charge is -2.29. The third-order valence-corrected chi connectivity index (χ3v) is 6.51. The number of carbonyl (C=O) groups excluding carboxylic acids is 1. The summed E-state index contributed by atoms with van der Waals surface area (Å²) < 4.78 is 6.09. The molecule has 0 spiro atoms. The van der Waals surface area contributed by atoms with E-state index >= 15 is 0 Å². The molecule has 1 aliphatic carbocycles. The van der Waals surface area contributed by atoms with E-state index in [9.17, 15) is 4.79 Å². The van der Waals surface area contributed by atoms with Crippen LogP contribution >= 0.6 is 23.1 Å². The van der Waals surface area contributed by atoms with Crippen LogP contribution in [-0.2, 0) is 4.79 Å². The number of nitrogens with zero attached hydrogens (tertiary/aromatic N) is 2. The minimum atomic E-state index is 0.0724. The van der Waals surface area contributed by atoms with Crippen LogP contribution in [0, 0.1) is 5.92 Å². The van der Waals surface area contributed by atoms with Crippen LogP contribution in [0.1, 0.15) is 32.6 Å². The lowest BCUT2D eigenvalue weighted by Crippen LogP contribution is -2.41. The molecular weight excluding hydrogens is 368 g/mol. The van der Waals surface area contributed by atoms with Crippen LogP contribution in [-0.4, -0.2) is 35.0 Å². The predicted octanol–water partition coefficient (Wildman–Crippen LogP) is 4.08. The van der Waals surface area contributed by atoms with Crippen LogP contribution in [0.15, 0.2) is 28.6 Å². The van der Waals surface area contributed by atoms with Gasteiger partial charge in [0.2, 0.25) is 11.0 Å². The van der Waals surface area contributed by atoms with Crippen LogP contribution in [0.25, 0.3) is 0 Å². The number of hydrogen-bond acceptors (Lipinski definition) is 7. The van der Waals surface area contributed by atoms with Crippen LogP contribution in [0.2, 0.25) is 0 Å². The highest BCUT2D eigenvalue weighted by atomic mass is 32.2. The molecule has 1 heterocycles. The van der Waals surface area contributed by atoms with E-state index in [1.165, 1.54) is 42.4 Å². The van der Waals surface area contributed by atoms with Crippen molar-refractivity contribution in [2.24, 2.45) is 5.92 Å². The number of ether oxygens (including phenoxy) is 1. The van der Waals surface area contributed by atoms with Gasteiger partial charge in [0.15, 0.2) is 4.34 Å². The number of hydrogen-bond donors (Lipinski definition) is 2. The highest BCUT2D eigenvalue weighted by molar-refractivity contribution is 8.01. The Bertz CT molecular complexity index is 737. The molecule has 2 N–H and O–H groups in total. The quantitative estimate of drug-likeness (QED) is 0.692. The molecule has 140 valence electrons. The minimum absolute atomic E-state index is 0.0724. The van der Waals surface area contributed by atoms with Crippen molar-refractivity contribution in [3.05, 3.63) is 24.3 Å². The SMILES string of the molecule is COc1ccccc1Nc1nnc(SCC(=O)NC2CCCCC2C)s1. The van der Waals surface area contributed by atoms with E-state index in [2.05, 4.69) is 27.8 Å². The molecule has 1 amide bonds. The molecule has 1 saturated carbocycles. The Hall–Kier alpha value is -1.80. The number of methoxy groups -OCH3 is 1. The maximum Gasteiger partial charge on any atom is 0.230 e. The maximum absolute atomic E-state index is 12.2.